The number of anilines is 1. The molecule has 4 heteroatoms. The molecule has 1 rings (SSSR count). The molecule has 11 heavy (non-hydrogen) atoms. The molecule has 0 unspecified atom stereocenters. The number of nitrogen functional groups attached to an aromatic ring is 1. The normalized spacial score (nSPS) is 9.55. The molecule has 1 aromatic rings. The molecule has 0 aromatic heterocycles. The molecule has 0 saturated carbocycles. The first kappa shape index (κ1) is 8.32. The number of hydrogen-bond donors (Lipinski definition) is 2. The number of nitrogens with two attached hydrogens (primary N) is 1. The van der Waals surface area contributed by atoms with E-state index in [2.05, 4.69) is 0 Å². The molecule has 1 aromatic carbocycles. The van der Waals surface area contributed by atoms with Gasteiger partial charge in [0.25, 0.3) is 0 Å². The monoisotopic (exact) mass is 263 g/mol. The third-order valence-electron chi connectivity index (χ3n) is 1.25. The molecule has 0 aliphatic rings. The van der Waals surface area contributed by atoms with Gasteiger partial charge in [0.2, 0.25) is 0 Å². The standard InChI is InChI=1S/C7H6INO2/c8-5-3-4(7(10)11)1-2-6(5)9/h1-3H,9H2,(H,10,11). The summed E-state index contributed by atoms with van der Waals surface area (Å²) < 4.78 is 0.766. The van der Waals surface area contributed by atoms with E-state index in [1.807, 2.05) is 22.6 Å². The lowest BCUT2D eigenvalue weighted by Crippen LogP contribution is -1.98. The zero-order valence-electron chi connectivity index (χ0n) is 5.54. The predicted octanol–water partition coefficient (Wildman–Crippen LogP) is 1.57. The van der Waals surface area contributed by atoms with Crippen molar-refractivity contribution in [3.8, 4) is 0 Å². The van der Waals surface area contributed by atoms with Gasteiger partial charge in [-0.3, -0.25) is 0 Å². The van der Waals surface area contributed by atoms with Gasteiger partial charge in [0, 0.05) is 9.26 Å². The summed E-state index contributed by atoms with van der Waals surface area (Å²) in [5.41, 5.74) is 6.36. The average molecular weight is 263 g/mol. The molecule has 3 nitrogen and oxygen atoms in total. The van der Waals surface area contributed by atoms with Gasteiger partial charge >= 0.3 is 5.97 Å². The minimum atomic E-state index is -0.928. The van der Waals surface area contributed by atoms with Crippen molar-refractivity contribution in [1.82, 2.24) is 0 Å². The Balaban J connectivity index is 3.15. The summed E-state index contributed by atoms with van der Waals surface area (Å²) in [6, 6.07) is 4.61. The molecular weight excluding hydrogens is 257 g/mol. The van der Waals surface area contributed by atoms with Gasteiger partial charge < -0.3 is 10.8 Å². The summed E-state index contributed by atoms with van der Waals surface area (Å²) in [7, 11) is 0. The van der Waals surface area contributed by atoms with Crippen LogP contribution in [0.15, 0.2) is 18.2 Å². The number of carboxylic acid groups (broad SMARTS) is 1. The zero-order chi connectivity index (χ0) is 8.43. The number of carboxylic acids is 1. The summed E-state index contributed by atoms with van der Waals surface area (Å²) in [6.45, 7) is 0. The summed E-state index contributed by atoms with van der Waals surface area (Å²) in [5, 5.41) is 8.56. The molecule has 0 spiro atoms. The number of halogens is 1. The van der Waals surface area contributed by atoms with E-state index in [0.717, 1.165) is 3.57 Å². The highest BCUT2D eigenvalue weighted by atomic mass is 127. The lowest BCUT2D eigenvalue weighted by atomic mass is 10.2. The first-order valence-electron chi connectivity index (χ1n) is 2.89. The highest BCUT2D eigenvalue weighted by Gasteiger charge is 2.03. The molecule has 0 aliphatic carbocycles. The maximum absolute atomic E-state index is 10.4. The van der Waals surface area contributed by atoms with Crippen molar-refractivity contribution < 1.29 is 9.90 Å². The average Bonchev–Trinajstić information content (AvgIpc) is 1.94. The maximum Gasteiger partial charge on any atom is 0.335 e. The second kappa shape index (κ2) is 3.08. The molecule has 0 fully saturated rings. The largest absolute Gasteiger partial charge is 0.478 e. The predicted molar refractivity (Wildman–Crippen MR) is 50.5 cm³/mol. The van der Waals surface area contributed by atoms with Crippen molar-refractivity contribution >= 4 is 34.2 Å². The van der Waals surface area contributed by atoms with Crippen molar-refractivity contribution in [3.05, 3.63) is 27.3 Å². The Hall–Kier alpha value is -0.780. The zero-order valence-corrected chi connectivity index (χ0v) is 7.70. The molecule has 0 saturated heterocycles. The maximum atomic E-state index is 10.4. The SMILES string of the molecule is Nc1ccc(C(=O)O)cc1I. The number of benzene rings is 1. The van der Waals surface area contributed by atoms with Crippen LogP contribution in [0.25, 0.3) is 0 Å². The van der Waals surface area contributed by atoms with Crippen LogP contribution in [0.5, 0.6) is 0 Å². The van der Waals surface area contributed by atoms with Crippen LogP contribution in [0.1, 0.15) is 10.4 Å². The van der Waals surface area contributed by atoms with Crippen LogP contribution in [-0.2, 0) is 0 Å². The molecule has 0 amide bonds. The van der Waals surface area contributed by atoms with Crippen molar-refractivity contribution in [2.24, 2.45) is 0 Å². The summed E-state index contributed by atoms with van der Waals surface area (Å²) in [5.74, 6) is -0.928. The van der Waals surface area contributed by atoms with Gasteiger partial charge in [-0.25, -0.2) is 4.79 Å². The number of aromatic carboxylic acids is 1. The minimum absolute atomic E-state index is 0.267. The topological polar surface area (TPSA) is 63.3 Å². The highest BCUT2D eigenvalue weighted by molar-refractivity contribution is 14.1. The van der Waals surface area contributed by atoms with Gasteiger partial charge in [0.15, 0.2) is 0 Å². The van der Waals surface area contributed by atoms with E-state index in [1.165, 1.54) is 12.1 Å². The third-order valence-corrected chi connectivity index (χ3v) is 2.18. The Kier molecular flexibility index (Phi) is 2.33. The van der Waals surface area contributed by atoms with Crippen molar-refractivity contribution in [2.45, 2.75) is 0 Å². The molecule has 0 aliphatic heterocycles. The fourth-order valence-corrected chi connectivity index (χ4v) is 1.18. The summed E-state index contributed by atoms with van der Waals surface area (Å²) in [6.07, 6.45) is 0. The van der Waals surface area contributed by atoms with E-state index in [4.69, 9.17) is 10.8 Å². The van der Waals surface area contributed by atoms with Gasteiger partial charge in [-0.1, -0.05) is 0 Å². The Morgan fingerprint density at radius 2 is 2.18 bits per heavy atom. The molecule has 0 atom stereocenters. The lowest BCUT2D eigenvalue weighted by Gasteiger charge is -1.98. The Morgan fingerprint density at radius 1 is 1.55 bits per heavy atom. The van der Waals surface area contributed by atoms with E-state index in [-0.39, 0.29) is 5.56 Å². The number of hydrogen-bond acceptors (Lipinski definition) is 2. The molecular formula is C7H6INO2. The number of rotatable bonds is 1. The van der Waals surface area contributed by atoms with E-state index >= 15 is 0 Å². The van der Waals surface area contributed by atoms with E-state index in [0.29, 0.717) is 5.69 Å². The third kappa shape index (κ3) is 1.83. The van der Waals surface area contributed by atoms with E-state index in [1.54, 1.807) is 6.07 Å². The Bertz CT molecular complexity index is 298. The molecule has 0 bridgehead atoms. The van der Waals surface area contributed by atoms with Gasteiger partial charge in [-0.15, -0.1) is 0 Å². The second-order valence-electron chi connectivity index (χ2n) is 2.04. The molecule has 0 radical (unpaired) electrons. The molecule has 0 heterocycles. The van der Waals surface area contributed by atoms with Gasteiger partial charge in [0.05, 0.1) is 5.56 Å². The van der Waals surface area contributed by atoms with Gasteiger partial charge in [-0.05, 0) is 40.8 Å². The van der Waals surface area contributed by atoms with Crippen LogP contribution >= 0.6 is 22.6 Å². The summed E-state index contributed by atoms with van der Waals surface area (Å²) in [4.78, 5) is 10.4. The Morgan fingerprint density at radius 3 is 2.64 bits per heavy atom. The first-order valence-corrected chi connectivity index (χ1v) is 3.97. The molecule has 3 N–H and O–H groups in total. The summed E-state index contributed by atoms with van der Waals surface area (Å²) >= 11 is 1.99. The quantitative estimate of drug-likeness (QED) is 0.597. The van der Waals surface area contributed by atoms with Gasteiger partial charge in [0.1, 0.15) is 0 Å². The fraction of sp³-hybridized carbons (Fsp3) is 0. The Labute approximate surface area is 77.4 Å². The molecule has 58 valence electrons. The van der Waals surface area contributed by atoms with Gasteiger partial charge in [-0.2, -0.15) is 0 Å². The number of carbonyl (C=O) groups is 1. The van der Waals surface area contributed by atoms with Crippen LogP contribution in [0.3, 0.4) is 0 Å². The van der Waals surface area contributed by atoms with Crippen LogP contribution in [-0.4, -0.2) is 11.1 Å². The second-order valence-corrected chi connectivity index (χ2v) is 3.20. The highest BCUT2D eigenvalue weighted by Crippen LogP contribution is 2.15. The van der Waals surface area contributed by atoms with E-state index < -0.39 is 5.97 Å². The van der Waals surface area contributed by atoms with E-state index in [9.17, 15) is 4.79 Å². The smallest absolute Gasteiger partial charge is 0.335 e. The lowest BCUT2D eigenvalue weighted by molar-refractivity contribution is 0.0697. The van der Waals surface area contributed by atoms with Crippen molar-refractivity contribution in [3.63, 3.8) is 0 Å². The van der Waals surface area contributed by atoms with Crippen LogP contribution < -0.4 is 5.73 Å². The van der Waals surface area contributed by atoms with Crippen LogP contribution in [0.2, 0.25) is 0 Å². The van der Waals surface area contributed by atoms with Crippen LogP contribution in [0.4, 0.5) is 5.69 Å². The van der Waals surface area contributed by atoms with Crippen molar-refractivity contribution in [2.75, 3.05) is 5.73 Å². The van der Waals surface area contributed by atoms with Crippen molar-refractivity contribution in [1.29, 1.82) is 0 Å². The van der Waals surface area contributed by atoms with Crippen LogP contribution in [0, 0.1) is 3.57 Å². The first-order chi connectivity index (χ1) is 5.11. The fourth-order valence-electron chi connectivity index (χ4n) is 0.660. The minimum Gasteiger partial charge on any atom is -0.478 e.